The monoisotopic (exact) mass is 267 g/mol. The van der Waals surface area contributed by atoms with E-state index in [9.17, 15) is 5.11 Å². The summed E-state index contributed by atoms with van der Waals surface area (Å²) in [4.78, 5) is 2.29. The molecule has 1 unspecified atom stereocenters. The molecule has 0 spiro atoms. The molecule has 0 aliphatic carbocycles. The Balaban J connectivity index is 1.78. The Bertz CT molecular complexity index is 600. The predicted molar refractivity (Wildman–Crippen MR) is 83.2 cm³/mol. The van der Waals surface area contributed by atoms with E-state index in [0.717, 1.165) is 18.5 Å². The molecular formula is C18H21NO. The number of para-hydroxylation sites is 1. The quantitative estimate of drug-likeness (QED) is 0.921. The van der Waals surface area contributed by atoms with Crippen LogP contribution in [0.5, 0.6) is 0 Å². The lowest BCUT2D eigenvalue weighted by Crippen LogP contribution is -2.26. The third kappa shape index (κ3) is 2.56. The van der Waals surface area contributed by atoms with Crippen LogP contribution in [0.2, 0.25) is 0 Å². The fraction of sp³-hybridized carbons (Fsp3) is 0.333. The van der Waals surface area contributed by atoms with Crippen molar-refractivity contribution in [2.24, 2.45) is 0 Å². The van der Waals surface area contributed by atoms with E-state index < -0.39 is 6.10 Å². The zero-order valence-corrected chi connectivity index (χ0v) is 12.1. The highest BCUT2D eigenvalue weighted by atomic mass is 16.3. The summed E-state index contributed by atoms with van der Waals surface area (Å²) >= 11 is 0. The van der Waals surface area contributed by atoms with Crippen molar-refractivity contribution in [3.8, 4) is 0 Å². The molecule has 0 bridgehead atoms. The molecule has 20 heavy (non-hydrogen) atoms. The van der Waals surface area contributed by atoms with Crippen molar-refractivity contribution >= 4 is 5.69 Å². The molecule has 2 heteroatoms. The molecule has 1 atom stereocenters. The molecular weight excluding hydrogens is 246 g/mol. The van der Waals surface area contributed by atoms with Gasteiger partial charge in [-0.1, -0.05) is 47.5 Å². The van der Waals surface area contributed by atoms with Gasteiger partial charge in [-0.25, -0.2) is 0 Å². The Morgan fingerprint density at radius 2 is 1.80 bits per heavy atom. The maximum absolute atomic E-state index is 10.5. The third-order valence-corrected chi connectivity index (χ3v) is 4.01. The van der Waals surface area contributed by atoms with E-state index in [0.29, 0.717) is 6.54 Å². The van der Waals surface area contributed by atoms with E-state index in [1.807, 2.05) is 0 Å². The Labute approximate surface area is 120 Å². The predicted octanol–water partition coefficient (Wildman–Crippen LogP) is 3.40. The summed E-state index contributed by atoms with van der Waals surface area (Å²) < 4.78 is 0. The van der Waals surface area contributed by atoms with Crippen LogP contribution in [0.3, 0.4) is 0 Å². The molecule has 1 aliphatic heterocycles. The first kappa shape index (κ1) is 13.2. The Morgan fingerprint density at radius 1 is 1.10 bits per heavy atom. The van der Waals surface area contributed by atoms with Gasteiger partial charge in [0.05, 0.1) is 6.10 Å². The average Bonchev–Trinajstić information content (AvgIpc) is 2.81. The highest BCUT2D eigenvalue weighted by molar-refractivity contribution is 5.58. The number of anilines is 1. The number of rotatable bonds is 3. The molecule has 3 rings (SSSR count). The second-order valence-electron chi connectivity index (χ2n) is 5.76. The maximum atomic E-state index is 10.5. The van der Waals surface area contributed by atoms with Crippen LogP contribution in [0.4, 0.5) is 5.69 Å². The van der Waals surface area contributed by atoms with Gasteiger partial charge in [-0.05, 0) is 37.5 Å². The number of benzene rings is 2. The minimum Gasteiger partial charge on any atom is -0.387 e. The summed E-state index contributed by atoms with van der Waals surface area (Å²) in [5.74, 6) is 0. The van der Waals surface area contributed by atoms with E-state index in [2.05, 4.69) is 61.2 Å². The summed E-state index contributed by atoms with van der Waals surface area (Å²) in [6, 6.07) is 14.8. The van der Waals surface area contributed by atoms with Crippen LogP contribution in [0.25, 0.3) is 0 Å². The van der Waals surface area contributed by atoms with Crippen LogP contribution in [0, 0.1) is 13.8 Å². The molecule has 0 saturated heterocycles. The summed E-state index contributed by atoms with van der Waals surface area (Å²) in [5, 5.41) is 10.5. The summed E-state index contributed by atoms with van der Waals surface area (Å²) in [5.41, 5.74) is 6.10. The van der Waals surface area contributed by atoms with E-state index in [4.69, 9.17) is 0 Å². The summed E-state index contributed by atoms with van der Waals surface area (Å²) in [6.07, 6.45) is 0.648. The van der Waals surface area contributed by atoms with E-state index >= 15 is 0 Å². The second-order valence-corrected chi connectivity index (χ2v) is 5.76. The van der Waals surface area contributed by atoms with Crippen molar-refractivity contribution in [2.45, 2.75) is 26.4 Å². The second kappa shape index (κ2) is 5.29. The lowest BCUT2D eigenvalue weighted by molar-refractivity contribution is 0.184. The van der Waals surface area contributed by atoms with Crippen molar-refractivity contribution in [1.29, 1.82) is 0 Å². The smallest absolute Gasteiger partial charge is 0.0965 e. The number of fused-ring (bicyclic) bond motifs is 1. The molecule has 2 aromatic rings. The highest BCUT2D eigenvalue weighted by Crippen LogP contribution is 2.29. The molecule has 0 aromatic heterocycles. The summed E-state index contributed by atoms with van der Waals surface area (Å²) in [7, 11) is 0. The van der Waals surface area contributed by atoms with Crippen LogP contribution in [0.15, 0.2) is 42.5 Å². The molecule has 2 nitrogen and oxygen atoms in total. The number of aliphatic hydroxyl groups is 1. The van der Waals surface area contributed by atoms with Gasteiger partial charge in [0.2, 0.25) is 0 Å². The van der Waals surface area contributed by atoms with Gasteiger partial charge in [0.1, 0.15) is 0 Å². The van der Waals surface area contributed by atoms with Crippen LogP contribution in [-0.4, -0.2) is 18.2 Å². The number of hydrogen-bond donors (Lipinski definition) is 1. The van der Waals surface area contributed by atoms with Crippen LogP contribution in [-0.2, 0) is 6.42 Å². The molecule has 1 aliphatic rings. The van der Waals surface area contributed by atoms with E-state index in [1.54, 1.807) is 0 Å². The minimum absolute atomic E-state index is 0.431. The van der Waals surface area contributed by atoms with Gasteiger partial charge in [-0.3, -0.25) is 0 Å². The molecule has 0 fully saturated rings. The SMILES string of the molecule is Cc1cc(C)cc(C(O)CN2CCc3ccccc32)c1. The normalized spacial score (nSPS) is 15.2. The van der Waals surface area contributed by atoms with Crippen molar-refractivity contribution < 1.29 is 5.11 Å². The standard InChI is InChI=1S/C18H21NO/c1-13-9-14(2)11-16(10-13)18(20)12-19-8-7-15-5-3-4-6-17(15)19/h3-6,9-11,18,20H,7-8,12H2,1-2H3. The van der Waals surface area contributed by atoms with Crippen LogP contribution in [0.1, 0.15) is 28.4 Å². The van der Waals surface area contributed by atoms with Gasteiger partial charge >= 0.3 is 0 Å². The highest BCUT2D eigenvalue weighted by Gasteiger charge is 2.21. The fourth-order valence-corrected chi connectivity index (χ4v) is 3.11. The lowest BCUT2D eigenvalue weighted by atomic mass is 10.0. The zero-order chi connectivity index (χ0) is 14.1. The molecule has 0 saturated carbocycles. The van der Waals surface area contributed by atoms with Crippen molar-refractivity contribution in [3.05, 3.63) is 64.7 Å². The van der Waals surface area contributed by atoms with E-state index in [1.165, 1.54) is 22.4 Å². The fourth-order valence-electron chi connectivity index (χ4n) is 3.11. The number of hydrogen-bond acceptors (Lipinski definition) is 2. The number of aryl methyl sites for hydroxylation is 2. The zero-order valence-electron chi connectivity index (χ0n) is 12.1. The Kier molecular flexibility index (Phi) is 3.49. The maximum Gasteiger partial charge on any atom is 0.0965 e. The minimum atomic E-state index is -0.431. The molecule has 104 valence electrons. The van der Waals surface area contributed by atoms with Gasteiger partial charge in [-0.2, -0.15) is 0 Å². The average molecular weight is 267 g/mol. The number of nitrogens with zero attached hydrogens (tertiary/aromatic N) is 1. The van der Waals surface area contributed by atoms with E-state index in [-0.39, 0.29) is 0 Å². The third-order valence-electron chi connectivity index (χ3n) is 4.01. The lowest BCUT2D eigenvalue weighted by Gasteiger charge is -2.23. The van der Waals surface area contributed by atoms with Crippen molar-refractivity contribution in [3.63, 3.8) is 0 Å². The van der Waals surface area contributed by atoms with Crippen LogP contribution < -0.4 is 4.90 Å². The topological polar surface area (TPSA) is 23.5 Å². The Hall–Kier alpha value is -1.80. The van der Waals surface area contributed by atoms with Gasteiger partial charge in [0.25, 0.3) is 0 Å². The number of β-amino-alcohol motifs (C(OH)–C–C–N with tert-alkyl or cyclic N) is 1. The van der Waals surface area contributed by atoms with Crippen molar-refractivity contribution in [1.82, 2.24) is 0 Å². The molecule has 0 radical (unpaired) electrons. The Morgan fingerprint density at radius 3 is 2.55 bits per heavy atom. The van der Waals surface area contributed by atoms with Crippen LogP contribution >= 0.6 is 0 Å². The first-order valence-electron chi connectivity index (χ1n) is 7.22. The molecule has 1 N–H and O–H groups in total. The van der Waals surface area contributed by atoms with Gasteiger partial charge < -0.3 is 10.0 Å². The first-order valence-corrected chi connectivity index (χ1v) is 7.22. The first-order chi connectivity index (χ1) is 9.63. The van der Waals surface area contributed by atoms with Gasteiger partial charge in [0, 0.05) is 18.8 Å². The molecule has 0 amide bonds. The van der Waals surface area contributed by atoms with Gasteiger partial charge in [0.15, 0.2) is 0 Å². The van der Waals surface area contributed by atoms with Gasteiger partial charge in [-0.15, -0.1) is 0 Å². The largest absolute Gasteiger partial charge is 0.387 e. The number of aliphatic hydroxyl groups excluding tert-OH is 1. The van der Waals surface area contributed by atoms with Crippen molar-refractivity contribution in [2.75, 3.05) is 18.0 Å². The molecule has 1 heterocycles. The summed E-state index contributed by atoms with van der Waals surface area (Å²) in [6.45, 7) is 5.82. The molecule has 2 aromatic carbocycles.